The maximum Gasteiger partial charge on any atom is 0.324 e. The molecule has 2 aromatic heterocycles. The Morgan fingerprint density at radius 1 is 1.20 bits per heavy atom. The van der Waals surface area contributed by atoms with E-state index in [0.717, 1.165) is 22.6 Å². The number of carbonyl (C=O) groups is 1. The standard InChI is InChI=1S/C15H15N3OS/c1-10-5-3-4-6-11(10)16-15(19)17-14-9-13-12(18(14)2)7-8-20-13/h3-9H,1-2H3,(H2,16,17,19). The van der Waals surface area contributed by atoms with Gasteiger partial charge in [-0.1, -0.05) is 18.2 Å². The fourth-order valence-electron chi connectivity index (χ4n) is 2.15. The summed E-state index contributed by atoms with van der Waals surface area (Å²) in [5.74, 6) is 0.790. The van der Waals surface area contributed by atoms with Gasteiger partial charge in [0.15, 0.2) is 0 Å². The Bertz CT molecular complexity index is 772. The van der Waals surface area contributed by atoms with Crippen molar-refractivity contribution >= 4 is 39.1 Å². The van der Waals surface area contributed by atoms with E-state index in [0.29, 0.717) is 0 Å². The molecule has 0 unspecified atom stereocenters. The molecule has 102 valence electrons. The van der Waals surface area contributed by atoms with Gasteiger partial charge in [0, 0.05) is 12.7 Å². The molecule has 3 aromatic rings. The average molecular weight is 285 g/mol. The molecular formula is C15H15N3OS. The van der Waals surface area contributed by atoms with Crippen molar-refractivity contribution in [3.63, 3.8) is 0 Å². The van der Waals surface area contributed by atoms with Crippen LogP contribution in [0.3, 0.4) is 0 Å². The lowest BCUT2D eigenvalue weighted by Crippen LogP contribution is -2.21. The molecule has 0 saturated carbocycles. The van der Waals surface area contributed by atoms with Crippen LogP contribution >= 0.6 is 11.3 Å². The van der Waals surface area contributed by atoms with E-state index in [2.05, 4.69) is 10.6 Å². The van der Waals surface area contributed by atoms with E-state index >= 15 is 0 Å². The summed E-state index contributed by atoms with van der Waals surface area (Å²) in [4.78, 5) is 12.1. The lowest BCUT2D eigenvalue weighted by Gasteiger charge is -2.10. The SMILES string of the molecule is Cc1ccccc1NC(=O)Nc1cc2sccc2n1C. The van der Waals surface area contributed by atoms with E-state index in [1.54, 1.807) is 11.3 Å². The quantitative estimate of drug-likeness (QED) is 0.728. The van der Waals surface area contributed by atoms with E-state index in [9.17, 15) is 4.79 Å². The molecule has 0 spiro atoms. The zero-order valence-electron chi connectivity index (χ0n) is 11.3. The number of hydrogen-bond donors (Lipinski definition) is 2. The summed E-state index contributed by atoms with van der Waals surface area (Å²) in [6.45, 7) is 1.97. The molecule has 0 atom stereocenters. The Kier molecular flexibility index (Phi) is 3.20. The molecule has 0 bridgehead atoms. The highest BCUT2D eigenvalue weighted by Crippen LogP contribution is 2.27. The Balaban J connectivity index is 1.77. The van der Waals surface area contributed by atoms with Crippen LogP contribution in [0.5, 0.6) is 0 Å². The molecule has 2 amide bonds. The molecular weight excluding hydrogens is 270 g/mol. The number of nitrogens with one attached hydrogen (secondary N) is 2. The molecule has 2 heterocycles. The second-order valence-corrected chi connectivity index (χ2v) is 5.60. The topological polar surface area (TPSA) is 46.1 Å². The third-order valence-corrected chi connectivity index (χ3v) is 4.15. The first-order valence-electron chi connectivity index (χ1n) is 6.32. The minimum atomic E-state index is -0.229. The van der Waals surface area contributed by atoms with Crippen molar-refractivity contribution in [3.05, 3.63) is 47.3 Å². The van der Waals surface area contributed by atoms with Gasteiger partial charge in [0.2, 0.25) is 0 Å². The number of rotatable bonds is 2. The van der Waals surface area contributed by atoms with Gasteiger partial charge >= 0.3 is 6.03 Å². The maximum absolute atomic E-state index is 12.1. The third kappa shape index (κ3) is 2.28. The van der Waals surface area contributed by atoms with Crippen molar-refractivity contribution in [1.82, 2.24) is 4.57 Å². The second kappa shape index (κ2) is 5.02. The van der Waals surface area contributed by atoms with Crippen molar-refractivity contribution in [1.29, 1.82) is 0 Å². The van der Waals surface area contributed by atoms with Gasteiger partial charge in [0.25, 0.3) is 0 Å². The lowest BCUT2D eigenvalue weighted by atomic mass is 10.2. The maximum atomic E-state index is 12.1. The fraction of sp³-hybridized carbons (Fsp3) is 0.133. The van der Waals surface area contributed by atoms with Crippen LogP contribution < -0.4 is 10.6 Å². The number of benzene rings is 1. The first-order chi connectivity index (χ1) is 9.65. The zero-order chi connectivity index (χ0) is 14.1. The predicted octanol–water partition coefficient (Wildman–Crippen LogP) is 4.19. The molecule has 5 heteroatoms. The number of thiophene rings is 1. The molecule has 1 aromatic carbocycles. The van der Waals surface area contributed by atoms with Gasteiger partial charge in [-0.15, -0.1) is 11.3 Å². The number of carbonyl (C=O) groups excluding carboxylic acids is 1. The number of hydrogen-bond acceptors (Lipinski definition) is 2. The molecule has 2 N–H and O–H groups in total. The molecule has 3 rings (SSSR count). The Hall–Kier alpha value is -2.27. The number of para-hydroxylation sites is 1. The highest BCUT2D eigenvalue weighted by molar-refractivity contribution is 7.17. The van der Waals surface area contributed by atoms with E-state index in [4.69, 9.17) is 0 Å². The average Bonchev–Trinajstić information content (AvgIpc) is 2.97. The van der Waals surface area contributed by atoms with Crippen molar-refractivity contribution < 1.29 is 4.79 Å². The largest absolute Gasteiger partial charge is 0.330 e. The highest BCUT2D eigenvalue weighted by atomic mass is 32.1. The van der Waals surface area contributed by atoms with Crippen LogP contribution in [0, 0.1) is 6.92 Å². The summed E-state index contributed by atoms with van der Waals surface area (Å²) in [6, 6.07) is 11.5. The number of amides is 2. The molecule has 4 nitrogen and oxygen atoms in total. The number of urea groups is 1. The smallest absolute Gasteiger partial charge is 0.324 e. The Morgan fingerprint density at radius 2 is 2.00 bits per heavy atom. The van der Waals surface area contributed by atoms with Crippen LogP contribution in [0.1, 0.15) is 5.56 Å². The molecule has 0 saturated heterocycles. The lowest BCUT2D eigenvalue weighted by molar-refractivity contribution is 0.262. The van der Waals surface area contributed by atoms with Crippen LogP contribution in [0.15, 0.2) is 41.8 Å². The van der Waals surface area contributed by atoms with Gasteiger partial charge in [-0.25, -0.2) is 4.79 Å². The summed E-state index contributed by atoms with van der Waals surface area (Å²) in [5.41, 5.74) is 2.98. The molecule has 0 aliphatic heterocycles. The van der Waals surface area contributed by atoms with Crippen LogP contribution in [0.25, 0.3) is 10.2 Å². The fourth-order valence-corrected chi connectivity index (χ4v) is 3.00. The molecule has 0 aliphatic rings. The van der Waals surface area contributed by atoms with E-state index in [-0.39, 0.29) is 6.03 Å². The zero-order valence-corrected chi connectivity index (χ0v) is 12.1. The van der Waals surface area contributed by atoms with E-state index in [1.165, 1.54) is 4.70 Å². The second-order valence-electron chi connectivity index (χ2n) is 4.65. The third-order valence-electron chi connectivity index (χ3n) is 3.30. The molecule has 0 fully saturated rings. The van der Waals surface area contributed by atoms with Gasteiger partial charge < -0.3 is 9.88 Å². The van der Waals surface area contributed by atoms with Crippen LogP contribution in [0.2, 0.25) is 0 Å². The van der Waals surface area contributed by atoms with Crippen molar-refractivity contribution in [3.8, 4) is 0 Å². The van der Waals surface area contributed by atoms with Crippen molar-refractivity contribution in [2.75, 3.05) is 10.6 Å². The predicted molar refractivity (Wildman–Crippen MR) is 84.6 cm³/mol. The molecule has 0 radical (unpaired) electrons. The minimum absolute atomic E-state index is 0.229. The first-order valence-corrected chi connectivity index (χ1v) is 7.19. The molecule has 0 aliphatic carbocycles. The summed E-state index contributed by atoms with van der Waals surface area (Å²) < 4.78 is 3.14. The van der Waals surface area contributed by atoms with E-state index in [1.807, 2.05) is 60.3 Å². The Morgan fingerprint density at radius 3 is 2.75 bits per heavy atom. The Labute approximate surface area is 121 Å². The van der Waals surface area contributed by atoms with Crippen molar-refractivity contribution in [2.24, 2.45) is 7.05 Å². The monoisotopic (exact) mass is 285 g/mol. The van der Waals surface area contributed by atoms with Gasteiger partial charge in [-0.3, -0.25) is 5.32 Å². The normalized spacial score (nSPS) is 10.7. The van der Waals surface area contributed by atoms with Gasteiger partial charge in [0.05, 0.1) is 10.2 Å². The summed E-state index contributed by atoms with van der Waals surface area (Å²) >= 11 is 1.66. The van der Waals surface area contributed by atoms with Gasteiger partial charge in [0.1, 0.15) is 5.82 Å². The first kappa shape index (κ1) is 12.7. The number of aryl methyl sites for hydroxylation is 2. The number of aromatic nitrogens is 1. The summed E-state index contributed by atoms with van der Waals surface area (Å²) in [6.07, 6.45) is 0. The highest BCUT2D eigenvalue weighted by Gasteiger charge is 2.10. The van der Waals surface area contributed by atoms with Gasteiger partial charge in [-0.2, -0.15) is 0 Å². The van der Waals surface area contributed by atoms with Crippen LogP contribution in [-0.2, 0) is 7.05 Å². The summed E-state index contributed by atoms with van der Waals surface area (Å²) in [7, 11) is 1.94. The molecule has 20 heavy (non-hydrogen) atoms. The minimum Gasteiger partial charge on any atom is -0.330 e. The number of fused-ring (bicyclic) bond motifs is 1. The van der Waals surface area contributed by atoms with Crippen LogP contribution in [0.4, 0.5) is 16.3 Å². The van der Waals surface area contributed by atoms with Gasteiger partial charge in [-0.05, 0) is 36.1 Å². The number of anilines is 2. The van der Waals surface area contributed by atoms with Crippen LogP contribution in [-0.4, -0.2) is 10.6 Å². The number of nitrogens with zero attached hydrogens (tertiary/aromatic N) is 1. The van der Waals surface area contributed by atoms with E-state index < -0.39 is 0 Å². The van der Waals surface area contributed by atoms with Crippen molar-refractivity contribution in [2.45, 2.75) is 6.92 Å². The summed E-state index contributed by atoms with van der Waals surface area (Å²) in [5, 5.41) is 7.79.